The van der Waals surface area contributed by atoms with Gasteiger partial charge < -0.3 is 14.9 Å². The van der Waals surface area contributed by atoms with Crippen LogP contribution in [0.4, 0.5) is 0 Å². The van der Waals surface area contributed by atoms with Crippen LogP contribution in [0.15, 0.2) is 15.9 Å². The van der Waals surface area contributed by atoms with Crippen LogP contribution in [0.2, 0.25) is 0 Å². The van der Waals surface area contributed by atoms with Gasteiger partial charge in [-0.2, -0.15) is 0 Å². The third-order valence-electron chi connectivity index (χ3n) is 2.21. The average molecular weight is 214 g/mol. The molecule has 2 atom stereocenters. The van der Waals surface area contributed by atoms with Crippen LogP contribution in [0.1, 0.15) is 12.1 Å². The molecular weight excluding hydrogens is 200 g/mol. The van der Waals surface area contributed by atoms with Crippen molar-refractivity contribution in [2.24, 2.45) is 5.73 Å². The second-order valence-corrected chi connectivity index (χ2v) is 4.63. The van der Waals surface area contributed by atoms with E-state index in [-0.39, 0.29) is 11.3 Å². The zero-order valence-electron chi connectivity index (χ0n) is 8.10. The van der Waals surface area contributed by atoms with E-state index in [0.717, 1.165) is 18.7 Å². The van der Waals surface area contributed by atoms with Crippen molar-refractivity contribution in [3.05, 3.63) is 12.0 Å². The molecule has 0 bridgehead atoms. The highest BCUT2D eigenvalue weighted by Gasteiger charge is 2.25. The van der Waals surface area contributed by atoms with Crippen molar-refractivity contribution in [2.75, 3.05) is 13.2 Å². The molecule has 0 aliphatic carbocycles. The largest absolute Gasteiger partial charge is 0.440 e. The molecule has 2 N–H and O–H groups in total. The minimum atomic E-state index is 0.181. The number of rotatable bonds is 2. The van der Waals surface area contributed by atoms with Gasteiger partial charge in [-0.05, 0) is 13.3 Å². The summed E-state index contributed by atoms with van der Waals surface area (Å²) in [5.41, 5.74) is 6.86. The number of thioether (sulfide) groups is 1. The van der Waals surface area contributed by atoms with Crippen molar-refractivity contribution in [1.82, 2.24) is 4.98 Å². The summed E-state index contributed by atoms with van der Waals surface area (Å²) in [6.45, 7) is 3.36. The van der Waals surface area contributed by atoms with Gasteiger partial charge in [-0.15, -0.1) is 0 Å². The quantitative estimate of drug-likeness (QED) is 0.801. The van der Waals surface area contributed by atoms with Crippen LogP contribution in [0.5, 0.6) is 0 Å². The van der Waals surface area contributed by atoms with Crippen molar-refractivity contribution >= 4 is 11.8 Å². The molecule has 5 heteroatoms. The molecule has 0 aromatic carbocycles. The molecule has 1 aliphatic rings. The maximum atomic E-state index is 5.96. The molecule has 2 unspecified atom stereocenters. The van der Waals surface area contributed by atoms with E-state index >= 15 is 0 Å². The molecule has 2 heterocycles. The first-order chi connectivity index (χ1) is 6.75. The Hall–Kier alpha value is -0.520. The molecule has 0 saturated carbocycles. The topological polar surface area (TPSA) is 61.3 Å². The molecule has 1 aromatic rings. The summed E-state index contributed by atoms with van der Waals surface area (Å²) in [6.07, 6.45) is 2.56. The standard InChI is InChI=1S/C9H14N2O2S/c1-6-4-13-9(11-6)14-8-5-12-3-2-7(8)10/h4,7-8H,2-3,5,10H2,1H3. The summed E-state index contributed by atoms with van der Waals surface area (Å²) in [6, 6.07) is 0.181. The molecule has 4 nitrogen and oxygen atoms in total. The molecule has 0 radical (unpaired) electrons. The molecule has 1 saturated heterocycles. The lowest BCUT2D eigenvalue weighted by Gasteiger charge is -2.26. The monoisotopic (exact) mass is 214 g/mol. The van der Waals surface area contributed by atoms with Gasteiger partial charge in [-0.3, -0.25) is 0 Å². The Bertz CT molecular complexity index is 303. The summed E-state index contributed by atoms with van der Waals surface area (Å²) in [5.74, 6) is 0. The average Bonchev–Trinajstić information content (AvgIpc) is 2.56. The van der Waals surface area contributed by atoms with E-state index < -0.39 is 0 Å². The van der Waals surface area contributed by atoms with Crippen LogP contribution in [0.25, 0.3) is 0 Å². The molecule has 78 valence electrons. The highest BCUT2D eigenvalue weighted by molar-refractivity contribution is 7.99. The lowest BCUT2D eigenvalue weighted by molar-refractivity contribution is 0.0913. The predicted molar refractivity (Wildman–Crippen MR) is 54.3 cm³/mol. The fraction of sp³-hybridized carbons (Fsp3) is 0.667. The van der Waals surface area contributed by atoms with Crippen LogP contribution in [0.3, 0.4) is 0 Å². The SMILES string of the molecule is Cc1coc(SC2COCCC2N)n1. The molecule has 1 aliphatic heterocycles. The minimum Gasteiger partial charge on any atom is -0.440 e. The highest BCUT2D eigenvalue weighted by atomic mass is 32.2. The summed E-state index contributed by atoms with van der Waals surface area (Å²) in [4.78, 5) is 4.22. The number of hydrogen-bond acceptors (Lipinski definition) is 5. The highest BCUT2D eigenvalue weighted by Crippen LogP contribution is 2.27. The fourth-order valence-electron chi connectivity index (χ4n) is 1.37. The Morgan fingerprint density at radius 1 is 1.64 bits per heavy atom. The number of nitrogens with two attached hydrogens (primary N) is 1. The Kier molecular flexibility index (Phi) is 3.10. The van der Waals surface area contributed by atoms with Gasteiger partial charge in [0.2, 0.25) is 0 Å². The van der Waals surface area contributed by atoms with E-state index in [9.17, 15) is 0 Å². The number of oxazole rings is 1. The van der Waals surface area contributed by atoms with E-state index in [1.54, 1.807) is 18.0 Å². The van der Waals surface area contributed by atoms with Gasteiger partial charge in [0.05, 0.1) is 17.6 Å². The van der Waals surface area contributed by atoms with Gasteiger partial charge >= 0.3 is 0 Å². The summed E-state index contributed by atoms with van der Waals surface area (Å²) >= 11 is 1.57. The number of hydrogen-bond donors (Lipinski definition) is 1. The molecule has 1 aromatic heterocycles. The molecule has 1 fully saturated rings. The van der Waals surface area contributed by atoms with Crippen molar-refractivity contribution in [2.45, 2.75) is 29.9 Å². The first-order valence-electron chi connectivity index (χ1n) is 4.68. The normalized spacial score (nSPS) is 27.9. The predicted octanol–water partition coefficient (Wildman–Crippen LogP) is 1.19. The van der Waals surface area contributed by atoms with Gasteiger partial charge in [0.1, 0.15) is 6.26 Å². The van der Waals surface area contributed by atoms with Crippen LogP contribution in [0, 0.1) is 6.92 Å². The maximum absolute atomic E-state index is 5.96. The first-order valence-corrected chi connectivity index (χ1v) is 5.56. The Morgan fingerprint density at radius 2 is 2.50 bits per heavy atom. The third-order valence-corrected chi connectivity index (χ3v) is 3.38. The number of ether oxygens (including phenoxy) is 1. The van der Waals surface area contributed by atoms with Crippen LogP contribution in [-0.2, 0) is 4.74 Å². The van der Waals surface area contributed by atoms with Crippen molar-refractivity contribution < 1.29 is 9.15 Å². The van der Waals surface area contributed by atoms with Gasteiger partial charge in [-0.1, -0.05) is 11.8 Å². The van der Waals surface area contributed by atoms with Crippen LogP contribution in [-0.4, -0.2) is 29.5 Å². The summed E-state index contributed by atoms with van der Waals surface area (Å²) < 4.78 is 10.6. The van der Waals surface area contributed by atoms with Gasteiger partial charge in [0.25, 0.3) is 5.22 Å². The first kappa shape index (κ1) is 10.0. The van der Waals surface area contributed by atoms with E-state index in [1.807, 2.05) is 6.92 Å². The summed E-state index contributed by atoms with van der Waals surface area (Å²) in [7, 11) is 0. The Labute approximate surface area is 87.2 Å². The Balaban J connectivity index is 1.95. The lowest BCUT2D eigenvalue weighted by Crippen LogP contribution is -2.40. The third kappa shape index (κ3) is 2.29. The molecule has 0 amide bonds. The zero-order valence-corrected chi connectivity index (χ0v) is 8.92. The second-order valence-electron chi connectivity index (χ2n) is 3.44. The van der Waals surface area contributed by atoms with E-state index in [0.29, 0.717) is 11.8 Å². The molecule has 0 spiro atoms. The Morgan fingerprint density at radius 3 is 3.14 bits per heavy atom. The molecule has 2 rings (SSSR count). The number of aryl methyl sites for hydroxylation is 1. The molecule has 14 heavy (non-hydrogen) atoms. The zero-order chi connectivity index (χ0) is 9.97. The second kappa shape index (κ2) is 4.33. The fourth-order valence-corrected chi connectivity index (χ4v) is 2.40. The smallest absolute Gasteiger partial charge is 0.256 e. The molecular formula is C9H14N2O2S. The van der Waals surface area contributed by atoms with Crippen molar-refractivity contribution in [3.8, 4) is 0 Å². The summed E-state index contributed by atoms with van der Waals surface area (Å²) in [5, 5.41) is 0.954. The minimum absolute atomic E-state index is 0.181. The van der Waals surface area contributed by atoms with Gasteiger partial charge in [0, 0.05) is 12.6 Å². The van der Waals surface area contributed by atoms with Crippen LogP contribution < -0.4 is 5.73 Å². The van der Waals surface area contributed by atoms with E-state index in [4.69, 9.17) is 14.9 Å². The number of aromatic nitrogens is 1. The lowest BCUT2D eigenvalue weighted by atomic mass is 10.1. The number of nitrogens with zero attached hydrogens (tertiary/aromatic N) is 1. The maximum Gasteiger partial charge on any atom is 0.256 e. The van der Waals surface area contributed by atoms with Gasteiger partial charge in [-0.25, -0.2) is 4.98 Å². The van der Waals surface area contributed by atoms with Crippen LogP contribution >= 0.6 is 11.8 Å². The van der Waals surface area contributed by atoms with Gasteiger partial charge in [0.15, 0.2) is 0 Å². The van der Waals surface area contributed by atoms with E-state index in [1.165, 1.54) is 0 Å². The van der Waals surface area contributed by atoms with Crippen molar-refractivity contribution in [3.63, 3.8) is 0 Å². The van der Waals surface area contributed by atoms with E-state index in [2.05, 4.69) is 4.98 Å². The van der Waals surface area contributed by atoms with Crippen molar-refractivity contribution in [1.29, 1.82) is 0 Å².